The third kappa shape index (κ3) is 5.54. The van der Waals surface area contributed by atoms with Crippen LogP contribution in [0, 0.1) is 5.92 Å². The van der Waals surface area contributed by atoms with Crippen LogP contribution in [0.25, 0.3) is 0 Å². The van der Waals surface area contributed by atoms with Crippen LogP contribution in [0.1, 0.15) is 40.1 Å². The van der Waals surface area contributed by atoms with E-state index in [9.17, 15) is 9.59 Å². The van der Waals surface area contributed by atoms with Gasteiger partial charge in [0.1, 0.15) is 0 Å². The first-order valence-corrected chi connectivity index (χ1v) is 8.26. The molecule has 4 heteroatoms. The standard InChI is InChI=1S/C20H24N2O2/c1-15(2)14-22-20(24)18-10-8-17(9-11-18)19(23)21-13-12-16-6-4-3-5-7-16/h3-11,15H,12-14H2,1-2H3,(H,21,23)(H,22,24). The van der Waals surface area contributed by atoms with E-state index in [-0.39, 0.29) is 11.8 Å². The summed E-state index contributed by atoms with van der Waals surface area (Å²) in [6.45, 7) is 5.31. The Labute approximate surface area is 143 Å². The summed E-state index contributed by atoms with van der Waals surface area (Å²) >= 11 is 0. The van der Waals surface area contributed by atoms with Crippen LogP contribution in [0.5, 0.6) is 0 Å². The van der Waals surface area contributed by atoms with Crippen molar-refractivity contribution in [2.45, 2.75) is 20.3 Å². The van der Waals surface area contributed by atoms with Crippen LogP contribution in [0.4, 0.5) is 0 Å². The van der Waals surface area contributed by atoms with Gasteiger partial charge in [-0.05, 0) is 42.2 Å². The minimum Gasteiger partial charge on any atom is -0.352 e. The zero-order chi connectivity index (χ0) is 17.4. The summed E-state index contributed by atoms with van der Waals surface area (Å²) in [5, 5.41) is 5.76. The second-order valence-electron chi connectivity index (χ2n) is 6.17. The molecule has 2 rings (SSSR count). The summed E-state index contributed by atoms with van der Waals surface area (Å²) in [6.07, 6.45) is 0.794. The normalized spacial score (nSPS) is 10.5. The molecule has 0 unspecified atom stereocenters. The highest BCUT2D eigenvalue weighted by molar-refractivity contribution is 5.97. The number of hydrogen-bond donors (Lipinski definition) is 2. The van der Waals surface area contributed by atoms with Crippen molar-refractivity contribution in [3.05, 3.63) is 71.3 Å². The van der Waals surface area contributed by atoms with Gasteiger partial charge in [-0.1, -0.05) is 44.2 Å². The van der Waals surface area contributed by atoms with Crippen LogP contribution in [0.15, 0.2) is 54.6 Å². The fourth-order valence-corrected chi connectivity index (χ4v) is 2.24. The van der Waals surface area contributed by atoms with E-state index in [1.165, 1.54) is 5.56 Å². The van der Waals surface area contributed by atoms with E-state index in [1.807, 2.05) is 44.2 Å². The minimum absolute atomic E-state index is 0.111. The summed E-state index contributed by atoms with van der Waals surface area (Å²) < 4.78 is 0. The summed E-state index contributed by atoms with van der Waals surface area (Å²) in [6, 6.07) is 16.8. The van der Waals surface area contributed by atoms with Crippen LogP contribution in [0.2, 0.25) is 0 Å². The predicted molar refractivity (Wildman–Crippen MR) is 96.1 cm³/mol. The van der Waals surface area contributed by atoms with Gasteiger partial charge in [0.25, 0.3) is 11.8 Å². The highest BCUT2D eigenvalue weighted by Gasteiger charge is 2.09. The van der Waals surface area contributed by atoms with Gasteiger partial charge >= 0.3 is 0 Å². The van der Waals surface area contributed by atoms with Gasteiger partial charge in [0, 0.05) is 24.2 Å². The molecule has 0 spiro atoms. The lowest BCUT2D eigenvalue weighted by atomic mass is 10.1. The molecule has 0 atom stereocenters. The van der Waals surface area contributed by atoms with Gasteiger partial charge < -0.3 is 10.6 Å². The van der Waals surface area contributed by atoms with Gasteiger partial charge in [-0.2, -0.15) is 0 Å². The average Bonchev–Trinajstić information content (AvgIpc) is 2.60. The Kier molecular flexibility index (Phi) is 6.55. The molecule has 0 aliphatic heterocycles. The molecule has 2 N–H and O–H groups in total. The lowest BCUT2D eigenvalue weighted by Gasteiger charge is -2.09. The van der Waals surface area contributed by atoms with Crippen LogP contribution in [0.3, 0.4) is 0 Å². The van der Waals surface area contributed by atoms with Gasteiger partial charge in [0.05, 0.1) is 0 Å². The van der Waals surface area contributed by atoms with Gasteiger partial charge in [-0.3, -0.25) is 9.59 Å². The van der Waals surface area contributed by atoms with E-state index in [4.69, 9.17) is 0 Å². The van der Waals surface area contributed by atoms with Crippen molar-refractivity contribution in [1.82, 2.24) is 10.6 Å². The van der Waals surface area contributed by atoms with Gasteiger partial charge in [-0.25, -0.2) is 0 Å². The maximum atomic E-state index is 12.1. The Balaban J connectivity index is 1.83. The smallest absolute Gasteiger partial charge is 0.251 e. The van der Waals surface area contributed by atoms with Gasteiger partial charge in [0.2, 0.25) is 0 Å². The zero-order valence-electron chi connectivity index (χ0n) is 14.2. The molecule has 0 fully saturated rings. The van der Waals surface area contributed by atoms with E-state index in [0.29, 0.717) is 30.1 Å². The van der Waals surface area contributed by atoms with Crippen molar-refractivity contribution >= 4 is 11.8 Å². The highest BCUT2D eigenvalue weighted by Crippen LogP contribution is 2.05. The first kappa shape index (κ1) is 17.7. The van der Waals surface area contributed by atoms with Crippen molar-refractivity contribution in [2.75, 3.05) is 13.1 Å². The molecular weight excluding hydrogens is 300 g/mol. The zero-order valence-corrected chi connectivity index (χ0v) is 14.2. The van der Waals surface area contributed by atoms with Crippen LogP contribution in [-0.4, -0.2) is 24.9 Å². The first-order valence-electron chi connectivity index (χ1n) is 8.26. The second kappa shape index (κ2) is 8.87. The van der Waals surface area contributed by atoms with Crippen molar-refractivity contribution in [2.24, 2.45) is 5.92 Å². The lowest BCUT2D eigenvalue weighted by Crippen LogP contribution is -2.28. The quantitative estimate of drug-likeness (QED) is 0.822. The molecule has 0 radical (unpaired) electrons. The Morgan fingerprint density at radius 2 is 1.38 bits per heavy atom. The maximum absolute atomic E-state index is 12.1. The van der Waals surface area contributed by atoms with E-state index in [1.54, 1.807) is 24.3 Å². The molecule has 2 aromatic carbocycles. The van der Waals surface area contributed by atoms with Crippen molar-refractivity contribution in [3.63, 3.8) is 0 Å². The number of carbonyl (C=O) groups is 2. The molecule has 0 aromatic heterocycles. The van der Waals surface area contributed by atoms with Gasteiger partial charge in [-0.15, -0.1) is 0 Å². The molecule has 0 saturated carbocycles. The number of hydrogen-bond acceptors (Lipinski definition) is 2. The third-order valence-corrected chi connectivity index (χ3v) is 3.62. The summed E-state index contributed by atoms with van der Waals surface area (Å²) in [5.74, 6) is 0.170. The van der Waals surface area contributed by atoms with Crippen molar-refractivity contribution in [3.8, 4) is 0 Å². The summed E-state index contributed by atoms with van der Waals surface area (Å²) in [5.41, 5.74) is 2.31. The van der Waals surface area contributed by atoms with E-state index >= 15 is 0 Å². The Hall–Kier alpha value is -2.62. The van der Waals surface area contributed by atoms with Crippen molar-refractivity contribution < 1.29 is 9.59 Å². The van der Waals surface area contributed by atoms with Crippen LogP contribution in [-0.2, 0) is 6.42 Å². The van der Waals surface area contributed by atoms with Gasteiger partial charge in [0.15, 0.2) is 0 Å². The lowest BCUT2D eigenvalue weighted by molar-refractivity contribution is 0.0939. The maximum Gasteiger partial charge on any atom is 0.251 e. The Morgan fingerprint density at radius 1 is 0.833 bits per heavy atom. The molecule has 0 saturated heterocycles. The predicted octanol–water partition coefficient (Wildman–Crippen LogP) is 3.04. The number of rotatable bonds is 7. The van der Waals surface area contributed by atoms with Crippen LogP contribution >= 0.6 is 0 Å². The van der Waals surface area contributed by atoms with E-state index < -0.39 is 0 Å². The molecule has 0 aliphatic rings. The minimum atomic E-state index is -0.125. The molecule has 2 amide bonds. The fraction of sp³-hybridized carbons (Fsp3) is 0.300. The number of amides is 2. The van der Waals surface area contributed by atoms with E-state index in [0.717, 1.165) is 6.42 Å². The second-order valence-corrected chi connectivity index (χ2v) is 6.17. The molecule has 126 valence electrons. The SMILES string of the molecule is CC(C)CNC(=O)c1ccc(C(=O)NCCc2ccccc2)cc1. The van der Waals surface area contributed by atoms with E-state index in [2.05, 4.69) is 10.6 Å². The fourth-order valence-electron chi connectivity index (χ4n) is 2.24. The summed E-state index contributed by atoms with van der Waals surface area (Å²) in [7, 11) is 0. The Bertz CT molecular complexity index is 664. The molecule has 0 bridgehead atoms. The number of benzene rings is 2. The average molecular weight is 324 g/mol. The monoisotopic (exact) mass is 324 g/mol. The topological polar surface area (TPSA) is 58.2 Å². The third-order valence-electron chi connectivity index (χ3n) is 3.62. The molecule has 4 nitrogen and oxygen atoms in total. The molecule has 0 heterocycles. The Morgan fingerprint density at radius 3 is 1.92 bits per heavy atom. The molecule has 0 aliphatic carbocycles. The summed E-state index contributed by atoms with van der Waals surface area (Å²) in [4.78, 5) is 24.1. The molecular formula is C20H24N2O2. The number of carbonyl (C=O) groups excluding carboxylic acids is 2. The largest absolute Gasteiger partial charge is 0.352 e. The van der Waals surface area contributed by atoms with Crippen LogP contribution < -0.4 is 10.6 Å². The molecule has 24 heavy (non-hydrogen) atoms. The first-order chi connectivity index (χ1) is 11.6. The number of nitrogens with one attached hydrogen (secondary N) is 2. The molecule has 2 aromatic rings. The van der Waals surface area contributed by atoms with Crippen molar-refractivity contribution in [1.29, 1.82) is 0 Å². The highest BCUT2D eigenvalue weighted by atomic mass is 16.2.